The molecule has 0 unspecified atom stereocenters. The van der Waals surface area contributed by atoms with E-state index in [1.54, 1.807) is 14.0 Å². The minimum Gasteiger partial charge on any atom is -0.409 e. The second kappa shape index (κ2) is 5.61. The van der Waals surface area contributed by atoms with Crippen LogP contribution in [0.1, 0.15) is 21.5 Å². The molecule has 0 aliphatic heterocycles. The van der Waals surface area contributed by atoms with E-state index in [2.05, 4.69) is 15.6 Å². The van der Waals surface area contributed by atoms with Crippen LogP contribution in [0.2, 0.25) is 0 Å². The van der Waals surface area contributed by atoms with Gasteiger partial charge in [-0.3, -0.25) is 9.48 Å². The van der Waals surface area contributed by atoms with Gasteiger partial charge in [0.2, 0.25) is 0 Å². The van der Waals surface area contributed by atoms with E-state index in [0.717, 1.165) is 0 Å². The first-order valence-corrected chi connectivity index (χ1v) is 6.01. The van der Waals surface area contributed by atoms with Crippen LogP contribution < -0.4 is 11.1 Å². The summed E-state index contributed by atoms with van der Waals surface area (Å²) >= 11 is 0. The Kier molecular flexibility index (Phi) is 3.88. The summed E-state index contributed by atoms with van der Waals surface area (Å²) in [6, 6.07) is 3.86. The lowest BCUT2D eigenvalue weighted by Gasteiger charge is -2.09. The van der Waals surface area contributed by atoms with Crippen LogP contribution in [0, 0.1) is 12.7 Å². The van der Waals surface area contributed by atoms with Crippen LogP contribution in [-0.2, 0) is 7.05 Å². The molecule has 0 aliphatic rings. The molecule has 21 heavy (non-hydrogen) atoms. The average molecular weight is 291 g/mol. The third-order valence-corrected chi connectivity index (χ3v) is 2.99. The number of amidine groups is 1. The van der Waals surface area contributed by atoms with E-state index in [0.29, 0.717) is 11.1 Å². The maximum Gasteiger partial charge on any atom is 0.257 e. The Morgan fingerprint density at radius 2 is 2.19 bits per heavy atom. The number of nitrogens with zero attached hydrogens (tertiary/aromatic N) is 3. The van der Waals surface area contributed by atoms with Crippen LogP contribution in [0.5, 0.6) is 0 Å². The van der Waals surface area contributed by atoms with Crippen LogP contribution in [0.15, 0.2) is 29.6 Å². The van der Waals surface area contributed by atoms with E-state index in [9.17, 15) is 9.18 Å². The summed E-state index contributed by atoms with van der Waals surface area (Å²) < 4.78 is 14.4. The first kappa shape index (κ1) is 14.5. The van der Waals surface area contributed by atoms with Crippen LogP contribution >= 0.6 is 0 Å². The van der Waals surface area contributed by atoms with Gasteiger partial charge in [-0.1, -0.05) is 5.16 Å². The van der Waals surface area contributed by atoms with Gasteiger partial charge < -0.3 is 16.3 Å². The van der Waals surface area contributed by atoms with Crippen LogP contribution in [-0.4, -0.2) is 26.7 Å². The predicted octanol–water partition coefficient (Wildman–Crippen LogP) is 1.21. The van der Waals surface area contributed by atoms with Gasteiger partial charge in [0.05, 0.1) is 11.8 Å². The van der Waals surface area contributed by atoms with Gasteiger partial charge >= 0.3 is 0 Å². The number of rotatable bonds is 3. The van der Waals surface area contributed by atoms with Crippen LogP contribution in [0.4, 0.5) is 10.2 Å². The molecule has 0 aliphatic carbocycles. The van der Waals surface area contributed by atoms with Crippen molar-refractivity contribution in [2.75, 3.05) is 5.32 Å². The van der Waals surface area contributed by atoms with Crippen molar-refractivity contribution >= 4 is 17.6 Å². The maximum atomic E-state index is 13.1. The molecule has 110 valence electrons. The summed E-state index contributed by atoms with van der Waals surface area (Å²) in [5, 5.41) is 18.2. The Morgan fingerprint density at radius 1 is 1.48 bits per heavy atom. The van der Waals surface area contributed by atoms with Gasteiger partial charge in [-0.25, -0.2) is 4.39 Å². The van der Waals surface area contributed by atoms with Gasteiger partial charge in [-0.15, -0.1) is 0 Å². The SMILES string of the molecule is Cc1cc(F)ccc1C(=O)Nc1c(/C(N)=N/O)cnn1C. The van der Waals surface area contributed by atoms with Gasteiger partial charge in [0.1, 0.15) is 11.6 Å². The number of carbonyl (C=O) groups excluding carboxylic acids is 1. The van der Waals surface area contributed by atoms with E-state index in [-0.39, 0.29) is 17.2 Å². The smallest absolute Gasteiger partial charge is 0.257 e. The van der Waals surface area contributed by atoms with Gasteiger partial charge in [-0.05, 0) is 30.7 Å². The van der Waals surface area contributed by atoms with Crippen molar-refractivity contribution in [3.63, 3.8) is 0 Å². The molecule has 4 N–H and O–H groups in total. The fourth-order valence-electron chi connectivity index (χ4n) is 1.88. The van der Waals surface area contributed by atoms with Crippen molar-refractivity contribution in [3.8, 4) is 0 Å². The number of carbonyl (C=O) groups is 1. The fraction of sp³-hybridized carbons (Fsp3) is 0.154. The number of nitrogens with one attached hydrogen (secondary N) is 1. The van der Waals surface area contributed by atoms with Crippen molar-refractivity contribution in [1.82, 2.24) is 9.78 Å². The second-order valence-corrected chi connectivity index (χ2v) is 4.43. The highest BCUT2D eigenvalue weighted by Gasteiger charge is 2.17. The molecule has 0 saturated carbocycles. The molecular weight excluding hydrogens is 277 g/mol. The first-order valence-electron chi connectivity index (χ1n) is 6.01. The molecule has 2 aromatic rings. The number of aryl methyl sites for hydroxylation is 2. The molecule has 1 heterocycles. The molecule has 1 aromatic carbocycles. The van der Waals surface area contributed by atoms with E-state index in [1.807, 2.05) is 0 Å². The number of halogens is 1. The summed E-state index contributed by atoms with van der Waals surface area (Å²) in [5.74, 6) is -0.752. The van der Waals surface area contributed by atoms with Crippen molar-refractivity contribution in [3.05, 3.63) is 46.9 Å². The second-order valence-electron chi connectivity index (χ2n) is 4.43. The number of aromatic nitrogens is 2. The fourth-order valence-corrected chi connectivity index (χ4v) is 1.88. The lowest BCUT2D eigenvalue weighted by Crippen LogP contribution is -2.20. The minimum absolute atomic E-state index is 0.172. The Balaban J connectivity index is 2.34. The zero-order valence-electron chi connectivity index (χ0n) is 11.5. The quantitative estimate of drug-likeness (QED) is 0.342. The Bertz CT molecular complexity index is 723. The predicted molar refractivity (Wildman–Crippen MR) is 74.8 cm³/mol. The highest BCUT2D eigenvalue weighted by Crippen LogP contribution is 2.17. The highest BCUT2D eigenvalue weighted by atomic mass is 19.1. The normalized spacial score (nSPS) is 11.5. The number of benzene rings is 1. The maximum absolute atomic E-state index is 13.1. The van der Waals surface area contributed by atoms with Crippen molar-refractivity contribution in [2.24, 2.45) is 17.9 Å². The van der Waals surface area contributed by atoms with Gasteiger partial charge in [0, 0.05) is 12.6 Å². The molecule has 0 spiro atoms. The van der Waals surface area contributed by atoms with E-state index < -0.39 is 11.7 Å². The molecule has 2 rings (SSSR count). The zero-order valence-corrected chi connectivity index (χ0v) is 11.5. The van der Waals surface area contributed by atoms with E-state index >= 15 is 0 Å². The molecule has 0 fully saturated rings. The molecule has 0 atom stereocenters. The van der Waals surface area contributed by atoms with E-state index in [1.165, 1.54) is 29.1 Å². The van der Waals surface area contributed by atoms with Gasteiger partial charge in [-0.2, -0.15) is 5.10 Å². The summed E-state index contributed by atoms with van der Waals surface area (Å²) in [6.07, 6.45) is 1.36. The highest BCUT2D eigenvalue weighted by molar-refractivity contribution is 6.09. The number of oxime groups is 1. The molecular formula is C13H14FN5O2. The topological polar surface area (TPSA) is 106 Å². The standard InChI is InChI=1S/C13H14FN5O2/c1-7-5-8(14)3-4-9(7)13(20)17-12-10(11(15)18-21)6-16-19(12)2/h3-6,21H,1-2H3,(H2,15,18)(H,17,20). The van der Waals surface area contributed by atoms with Crippen LogP contribution in [0.3, 0.4) is 0 Å². The molecule has 0 radical (unpaired) electrons. The average Bonchev–Trinajstić information content (AvgIpc) is 2.79. The summed E-state index contributed by atoms with van der Waals surface area (Å²) in [5.41, 5.74) is 6.63. The molecule has 8 heteroatoms. The number of hydrogen-bond acceptors (Lipinski definition) is 4. The Hall–Kier alpha value is -2.90. The van der Waals surface area contributed by atoms with Crippen molar-refractivity contribution < 1.29 is 14.4 Å². The van der Waals surface area contributed by atoms with Crippen molar-refractivity contribution in [2.45, 2.75) is 6.92 Å². The molecule has 7 nitrogen and oxygen atoms in total. The first-order chi connectivity index (χ1) is 9.93. The molecule has 1 aromatic heterocycles. The zero-order chi connectivity index (χ0) is 15.6. The van der Waals surface area contributed by atoms with E-state index in [4.69, 9.17) is 10.9 Å². The lowest BCUT2D eigenvalue weighted by molar-refractivity contribution is 0.102. The molecule has 0 bridgehead atoms. The van der Waals surface area contributed by atoms with Crippen molar-refractivity contribution in [1.29, 1.82) is 0 Å². The molecule has 1 amide bonds. The third-order valence-electron chi connectivity index (χ3n) is 2.99. The number of nitrogens with two attached hydrogens (primary N) is 1. The molecule has 0 saturated heterocycles. The monoisotopic (exact) mass is 291 g/mol. The number of anilines is 1. The third kappa shape index (κ3) is 2.83. The number of amides is 1. The Labute approximate surface area is 119 Å². The summed E-state index contributed by atoms with van der Waals surface area (Å²) in [6.45, 7) is 1.63. The largest absolute Gasteiger partial charge is 0.409 e. The summed E-state index contributed by atoms with van der Waals surface area (Å²) in [7, 11) is 1.60. The summed E-state index contributed by atoms with van der Waals surface area (Å²) in [4.78, 5) is 12.2. The van der Waals surface area contributed by atoms with Crippen LogP contribution in [0.25, 0.3) is 0 Å². The van der Waals surface area contributed by atoms with Gasteiger partial charge in [0.25, 0.3) is 5.91 Å². The lowest BCUT2D eigenvalue weighted by atomic mass is 10.1. The van der Waals surface area contributed by atoms with Gasteiger partial charge in [0.15, 0.2) is 5.84 Å². The number of hydrogen-bond donors (Lipinski definition) is 3. The minimum atomic E-state index is -0.442. The Morgan fingerprint density at radius 3 is 2.81 bits per heavy atom.